The molecule has 0 fully saturated rings. The first-order chi connectivity index (χ1) is 7.40. The van der Waals surface area contributed by atoms with Gasteiger partial charge in [0.2, 0.25) is 0 Å². The summed E-state index contributed by atoms with van der Waals surface area (Å²) in [4.78, 5) is 11.1. The molecule has 0 saturated heterocycles. The number of ketones is 1. The van der Waals surface area contributed by atoms with Crippen molar-refractivity contribution in [3.05, 3.63) is 29.8 Å². The predicted molar refractivity (Wildman–Crippen MR) is 57.8 cm³/mol. The van der Waals surface area contributed by atoms with Gasteiger partial charge in [0.05, 0.1) is 5.88 Å². The Hall–Kier alpha value is -0.680. The maximum atomic E-state index is 12.0. The van der Waals surface area contributed by atoms with E-state index in [0.717, 1.165) is 0 Å². The second-order valence-corrected chi connectivity index (χ2v) is 4.45. The summed E-state index contributed by atoms with van der Waals surface area (Å²) < 4.78 is 36.0. The van der Waals surface area contributed by atoms with Gasteiger partial charge in [0.1, 0.15) is 0 Å². The van der Waals surface area contributed by atoms with Crippen molar-refractivity contribution >= 4 is 29.1 Å². The number of thioether (sulfide) groups is 1. The van der Waals surface area contributed by atoms with Gasteiger partial charge >= 0.3 is 5.51 Å². The van der Waals surface area contributed by atoms with Crippen molar-refractivity contribution in [1.29, 1.82) is 0 Å². The lowest BCUT2D eigenvalue weighted by molar-refractivity contribution is -0.116. The molecule has 0 aromatic heterocycles. The van der Waals surface area contributed by atoms with Crippen molar-refractivity contribution in [2.75, 3.05) is 5.88 Å². The van der Waals surface area contributed by atoms with E-state index in [1.54, 1.807) is 0 Å². The second kappa shape index (κ2) is 5.59. The molecule has 0 unspecified atom stereocenters. The molecule has 0 amide bonds. The minimum atomic E-state index is -4.28. The minimum absolute atomic E-state index is 0.0843. The topological polar surface area (TPSA) is 17.1 Å². The molecule has 0 radical (unpaired) electrons. The first kappa shape index (κ1) is 13.4. The number of carbonyl (C=O) groups excluding carboxylic acids is 1. The highest BCUT2D eigenvalue weighted by molar-refractivity contribution is 8.00. The van der Waals surface area contributed by atoms with Crippen molar-refractivity contribution in [1.82, 2.24) is 0 Å². The standard InChI is InChI=1S/C10H8ClF3OS/c11-6-8(15)5-7-1-3-9(4-2-7)16-10(12,13)14/h1-4H,5-6H2. The van der Waals surface area contributed by atoms with Crippen LogP contribution < -0.4 is 0 Å². The maximum absolute atomic E-state index is 12.0. The number of carbonyl (C=O) groups is 1. The zero-order valence-corrected chi connectivity index (χ0v) is 9.62. The molecule has 0 aliphatic heterocycles. The van der Waals surface area contributed by atoms with E-state index in [4.69, 9.17) is 11.6 Å². The van der Waals surface area contributed by atoms with Gasteiger partial charge < -0.3 is 0 Å². The van der Waals surface area contributed by atoms with Crippen molar-refractivity contribution in [2.24, 2.45) is 0 Å². The normalized spacial score (nSPS) is 11.5. The Morgan fingerprint density at radius 3 is 2.25 bits per heavy atom. The molecule has 0 aliphatic carbocycles. The monoisotopic (exact) mass is 268 g/mol. The van der Waals surface area contributed by atoms with E-state index in [1.807, 2.05) is 0 Å². The van der Waals surface area contributed by atoms with E-state index in [-0.39, 0.29) is 34.7 Å². The Morgan fingerprint density at radius 2 is 1.81 bits per heavy atom. The van der Waals surface area contributed by atoms with Gasteiger partial charge in [-0.15, -0.1) is 11.6 Å². The molecule has 1 rings (SSSR count). The summed E-state index contributed by atoms with van der Waals surface area (Å²) in [6, 6.07) is 5.68. The van der Waals surface area contributed by atoms with E-state index in [1.165, 1.54) is 24.3 Å². The van der Waals surface area contributed by atoms with Gasteiger partial charge in [-0.05, 0) is 29.5 Å². The third-order valence-electron chi connectivity index (χ3n) is 1.71. The van der Waals surface area contributed by atoms with E-state index < -0.39 is 5.51 Å². The summed E-state index contributed by atoms with van der Waals surface area (Å²) in [5.41, 5.74) is -3.62. The van der Waals surface area contributed by atoms with Gasteiger partial charge in [-0.1, -0.05) is 12.1 Å². The summed E-state index contributed by atoms with van der Waals surface area (Å²) in [6.45, 7) is 0. The number of alkyl halides is 4. The second-order valence-electron chi connectivity index (χ2n) is 3.04. The average Bonchev–Trinajstić information content (AvgIpc) is 2.18. The van der Waals surface area contributed by atoms with Gasteiger partial charge in [-0.2, -0.15) is 13.2 Å². The quantitative estimate of drug-likeness (QED) is 0.612. The Balaban J connectivity index is 2.64. The van der Waals surface area contributed by atoms with Crippen molar-refractivity contribution in [2.45, 2.75) is 16.8 Å². The van der Waals surface area contributed by atoms with Crippen LogP contribution in [0.15, 0.2) is 29.2 Å². The Morgan fingerprint density at radius 1 is 1.25 bits per heavy atom. The number of hydrogen-bond acceptors (Lipinski definition) is 2. The molecule has 0 atom stereocenters. The Bertz CT molecular complexity index is 361. The summed E-state index contributed by atoms with van der Waals surface area (Å²) in [5.74, 6) is -0.239. The average molecular weight is 269 g/mol. The zero-order valence-electron chi connectivity index (χ0n) is 8.05. The van der Waals surface area contributed by atoms with Gasteiger partial charge in [-0.3, -0.25) is 4.79 Å². The summed E-state index contributed by atoms with van der Waals surface area (Å²) in [5, 5.41) is 0. The van der Waals surface area contributed by atoms with Crippen LogP contribution in [0.5, 0.6) is 0 Å². The van der Waals surface area contributed by atoms with Crippen molar-refractivity contribution in [3.63, 3.8) is 0 Å². The number of hydrogen-bond donors (Lipinski definition) is 0. The molecule has 0 heterocycles. The van der Waals surface area contributed by atoms with Crippen LogP contribution in [-0.4, -0.2) is 17.2 Å². The van der Waals surface area contributed by atoms with Crippen LogP contribution in [0.3, 0.4) is 0 Å². The lowest BCUT2D eigenvalue weighted by atomic mass is 10.1. The SMILES string of the molecule is O=C(CCl)Cc1ccc(SC(F)(F)F)cc1. The molecule has 6 heteroatoms. The first-order valence-electron chi connectivity index (χ1n) is 4.33. The molecule has 1 aromatic rings. The molecule has 0 aliphatic rings. The highest BCUT2D eigenvalue weighted by Crippen LogP contribution is 2.36. The van der Waals surface area contributed by atoms with E-state index in [9.17, 15) is 18.0 Å². The van der Waals surface area contributed by atoms with Gasteiger partial charge in [0, 0.05) is 11.3 Å². The van der Waals surface area contributed by atoms with E-state index in [2.05, 4.69) is 0 Å². The molecule has 16 heavy (non-hydrogen) atoms. The zero-order chi connectivity index (χ0) is 12.2. The fourth-order valence-corrected chi connectivity index (χ4v) is 1.72. The third-order valence-corrected chi connectivity index (χ3v) is 2.74. The molecule has 0 saturated carbocycles. The first-order valence-corrected chi connectivity index (χ1v) is 5.68. The molecule has 0 spiro atoms. The van der Waals surface area contributed by atoms with E-state index in [0.29, 0.717) is 5.56 Å². The third kappa shape index (κ3) is 4.90. The Labute approximate surface area is 100.0 Å². The summed E-state index contributed by atoms with van der Waals surface area (Å²) >= 11 is 5.14. The minimum Gasteiger partial charge on any atom is -0.298 e. The summed E-state index contributed by atoms with van der Waals surface area (Å²) in [6.07, 6.45) is 0.153. The highest BCUT2D eigenvalue weighted by Gasteiger charge is 2.28. The van der Waals surface area contributed by atoms with Crippen LogP contribution in [0.4, 0.5) is 13.2 Å². The van der Waals surface area contributed by atoms with Crippen molar-refractivity contribution in [3.8, 4) is 0 Å². The number of Topliss-reactive ketones (excluding diaryl/α,β-unsaturated/α-hetero) is 1. The Kier molecular flexibility index (Phi) is 4.68. The molecular weight excluding hydrogens is 261 g/mol. The fraction of sp³-hybridized carbons (Fsp3) is 0.300. The number of benzene rings is 1. The maximum Gasteiger partial charge on any atom is 0.446 e. The lowest BCUT2D eigenvalue weighted by Crippen LogP contribution is -2.03. The summed E-state index contributed by atoms with van der Waals surface area (Å²) in [7, 11) is 0. The molecule has 88 valence electrons. The molecule has 1 aromatic carbocycles. The van der Waals surface area contributed by atoms with Gasteiger partial charge in [-0.25, -0.2) is 0 Å². The number of halogens is 4. The van der Waals surface area contributed by atoms with Crippen LogP contribution in [0.1, 0.15) is 5.56 Å². The van der Waals surface area contributed by atoms with E-state index >= 15 is 0 Å². The highest BCUT2D eigenvalue weighted by atomic mass is 35.5. The molecule has 0 bridgehead atoms. The van der Waals surface area contributed by atoms with Crippen LogP contribution in [0.25, 0.3) is 0 Å². The molecule has 0 N–H and O–H groups in total. The van der Waals surface area contributed by atoms with Crippen LogP contribution in [-0.2, 0) is 11.2 Å². The fourth-order valence-electron chi connectivity index (χ4n) is 1.08. The lowest BCUT2D eigenvalue weighted by Gasteiger charge is -2.05. The van der Waals surface area contributed by atoms with Crippen LogP contribution in [0, 0.1) is 0 Å². The van der Waals surface area contributed by atoms with Crippen LogP contribution in [0.2, 0.25) is 0 Å². The molecular formula is C10H8ClF3OS. The van der Waals surface area contributed by atoms with Gasteiger partial charge in [0.25, 0.3) is 0 Å². The number of rotatable bonds is 4. The molecule has 1 nitrogen and oxygen atoms in total. The van der Waals surface area contributed by atoms with Crippen molar-refractivity contribution < 1.29 is 18.0 Å². The van der Waals surface area contributed by atoms with Gasteiger partial charge in [0.15, 0.2) is 5.78 Å². The van der Waals surface area contributed by atoms with Crippen LogP contribution >= 0.6 is 23.4 Å². The predicted octanol–water partition coefficient (Wildman–Crippen LogP) is 3.65. The largest absolute Gasteiger partial charge is 0.446 e. The smallest absolute Gasteiger partial charge is 0.298 e.